The second-order valence-corrected chi connectivity index (χ2v) is 9.46. The number of carbonyl (C=O) groups excluding carboxylic acids is 1. The van der Waals surface area contributed by atoms with Crippen molar-refractivity contribution in [2.24, 2.45) is 0 Å². The summed E-state index contributed by atoms with van der Waals surface area (Å²) >= 11 is 0. The molecule has 0 N–H and O–H groups in total. The quantitative estimate of drug-likeness (QED) is 0.681. The van der Waals surface area contributed by atoms with Gasteiger partial charge in [0.15, 0.2) is 0 Å². The van der Waals surface area contributed by atoms with Gasteiger partial charge in [0.25, 0.3) is 0 Å². The number of carbonyl (C=O) groups is 1. The predicted octanol–water partition coefficient (Wildman–Crippen LogP) is 2.57. The highest BCUT2D eigenvalue weighted by molar-refractivity contribution is 7.92. The minimum Gasteiger partial charge on any atom is -0.339 e. The molecule has 1 amide bonds. The van der Waals surface area contributed by atoms with Crippen LogP contribution in [0.15, 0.2) is 60.0 Å². The Bertz CT molecular complexity index is 982. The van der Waals surface area contributed by atoms with Gasteiger partial charge in [-0.15, -0.1) is 0 Å². The van der Waals surface area contributed by atoms with Crippen molar-refractivity contribution < 1.29 is 13.2 Å². The van der Waals surface area contributed by atoms with Crippen molar-refractivity contribution in [2.75, 3.05) is 39.8 Å². The summed E-state index contributed by atoms with van der Waals surface area (Å²) in [5, 5.41) is 1.25. The maximum atomic E-state index is 12.7. The van der Waals surface area contributed by atoms with Gasteiger partial charge in [-0.25, -0.2) is 8.42 Å². The van der Waals surface area contributed by atoms with Crippen LogP contribution in [0, 0.1) is 6.92 Å². The predicted molar refractivity (Wildman–Crippen MR) is 120 cm³/mol. The van der Waals surface area contributed by atoms with Crippen LogP contribution in [-0.2, 0) is 21.4 Å². The van der Waals surface area contributed by atoms with Crippen LogP contribution >= 0.6 is 0 Å². The number of aryl methyl sites for hydroxylation is 1. The lowest BCUT2D eigenvalue weighted by molar-refractivity contribution is -0.133. The standard InChI is InChI=1S/C23H29N3O3S/c1-20-8-6-7-11-22(20)18-24(2)19-23(27)25-13-15-26(16-14-25)30(28,29)17-12-21-9-4-3-5-10-21/h3-12,17H,13-16,18-19H2,1-2H3/b17-12+. The van der Waals surface area contributed by atoms with Gasteiger partial charge in [0, 0.05) is 38.1 Å². The van der Waals surface area contributed by atoms with Crippen LogP contribution in [0.5, 0.6) is 0 Å². The van der Waals surface area contributed by atoms with E-state index >= 15 is 0 Å². The lowest BCUT2D eigenvalue weighted by atomic mass is 10.1. The van der Waals surface area contributed by atoms with Gasteiger partial charge in [0.2, 0.25) is 15.9 Å². The fourth-order valence-corrected chi connectivity index (χ4v) is 4.65. The minimum absolute atomic E-state index is 0.0305. The number of nitrogens with zero attached hydrogens (tertiary/aromatic N) is 3. The Morgan fingerprint density at radius 3 is 2.30 bits per heavy atom. The lowest BCUT2D eigenvalue weighted by Gasteiger charge is -2.34. The molecule has 0 aromatic heterocycles. The van der Waals surface area contributed by atoms with Crippen molar-refractivity contribution >= 4 is 22.0 Å². The highest BCUT2D eigenvalue weighted by Gasteiger charge is 2.27. The number of piperazine rings is 1. The Labute approximate surface area is 179 Å². The summed E-state index contributed by atoms with van der Waals surface area (Å²) in [5.41, 5.74) is 3.25. The van der Waals surface area contributed by atoms with Gasteiger partial charge in [-0.2, -0.15) is 4.31 Å². The number of likely N-dealkylation sites (N-methyl/N-ethyl adjacent to an activating group) is 1. The Morgan fingerprint density at radius 1 is 1.00 bits per heavy atom. The maximum absolute atomic E-state index is 12.7. The van der Waals surface area contributed by atoms with Crippen molar-refractivity contribution in [1.29, 1.82) is 0 Å². The van der Waals surface area contributed by atoms with Crippen LogP contribution in [0.2, 0.25) is 0 Å². The molecule has 0 spiro atoms. The third kappa shape index (κ3) is 6.01. The summed E-state index contributed by atoms with van der Waals surface area (Å²) in [4.78, 5) is 16.4. The van der Waals surface area contributed by atoms with Crippen LogP contribution in [0.4, 0.5) is 0 Å². The smallest absolute Gasteiger partial charge is 0.236 e. The molecule has 6 nitrogen and oxygen atoms in total. The first-order chi connectivity index (χ1) is 14.3. The van der Waals surface area contributed by atoms with E-state index in [-0.39, 0.29) is 5.91 Å². The van der Waals surface area contributed by atoms with E-state index in [4.69, 9.17) is 0 Å². The fraction of sp³-hybridized carbons (Fsp3) is 0.348. The molecule has 0 saturated carbocycles. The topological polar surface area (TPSA) is 60.9 Å². The Balaban J connectivity index is 1.50. The Hall–Kier alpha value is -2.48. The van der Waals surface area contributed by atoms with E-state index in [0.29, 0.717) is 39.3 Å². The zero-order chi connectivity index (χ0) is 21.6. The molecule has 0 bridgehead atoms. The summed E-state index contributed by atoms with van der Waals surface area (Å²) in [7, 11) is -1.56. The normalized spacial score (nSPS) is 15.8. The SMILES string of the molecule is Cc1ccccc1CN(C)CC(=O)N1CCN(S(=O)(=O)/C=C/c2ccccc2)CC1. The van der Waals surface area contributed by atoms with Gasteiger partial charge in [0.05, 0.1) is 6.54 Å². The highest BCUT2D eigenvalue weighted by atomic mass is 32.2. The van der Waals surface area contributed by atoms with Crippen molar-refractivity contribution in [2.45, 2.75) is 13.5 Å². The van der Waals surface area contributed by atoms with Crippen molar-refractivity contribution in [3.63, 3.8) is 0 Å². The van der Waals surface area contributed by atoms with E-state index < -0.39 is 10.0 Å². The average Bonchev–Trinajstić information content (AvgIpc) is 2.75. The molecule has 1 aliphatic rings. The van der Waals surface area contributed by atoms with Crippen molar-refractivity contribution in [1.82, 2.24) is 14.1 Å². The van der Waals surface area contributed by atoms with Gasteiger partial charge in [-0.1, -0.05) is 54.6 Å². The fourth-order valence-electron chi connectivity index (χ4n) is 3.47. The minimum atomic E-state index is -3.49. The zero-order valence-electron chi connectivity index (χ0n) is 17.6. The van der Waals surface area contributed by atoms with Crippen LogP contribution in [0.25, 0.3) is 6.08 Å². The lowest BCUT2D eigenvalue weighted by Crippen LogP contribution is -2.51. The van der Waals surface area contributed by atoms with Crippen LogP contribution in [0.3, 0.4) is 0 Å². The van der Waals surface area contributed by atoms with E-state index in [9.17, 15) is 13.2 Å². The highest BCUT2D eigenvalue weighted by Crippen LogP contribution is 2.13. The summed E-state index contributed by atoms with van der Waals surface area (Å²) < 4.78 is 26.6. The monoisotopic (exact) mass is 427 g/mol. The van der Waals surface area contributed by atoms with E-state index in [1.54, 1.807) is 11.0 Å². The molecule has 1 fully saturated rings. The third-order valence-corrected chi connectivity index (χ3v) is 6.85. The molecule has 0 radical (unpaired) electrons. The molecule has 1 saturated heterocycles. The molecule has 2 aromatic carbocycles. The van der Waals surface area contributed by atoms with Gasteiger partial charge in [-0.05, 0) is 36.7 Å². The number of amides is 1. The molecule has 0 aliphatic carbocycles. The van der Waals surface area contributed by atoms with E-state index in [0.717, 1.165) is 5.56 Å². The van der Waals surface area contributed by atoms with Gasteiger partial charge < -0.3 is 4.90 Å². The number of hydrogen-bond donors (Lipinski definition) is 0. The molecular weight excluding hydrogens is 398 g/mol. The van der Waals surface area contributed by atoms with Crippen LogP contribution < -0.4 is 0 Å². The first kappa shape index (κ1) is 22.2. The molecule has 30 heavy (non-hydrogen) atoms. The van der Waals surface area contributed by atoms with Crippen molar-refractivity contribution in [3.05, 3.63) is 76.7 Å². The average molecular weight is 428 g/mol. The second kappa shape index (κ2) is 10.0. The van der Waals surface area contributed by atoms with Gasteiger partial charge in [-0.3, -0.25) is 9.69 Å². The number of benzene rings is 2. The van der Waals surface area contributed by atoms with Crippen LogP contribution in [-0.4, -0.2) is 68.2 Å². The molecule has 1 aliphatic heterocycles. The summed E-state index contributed by atoms with van der Waals surface area (Å²) in [5.74, 6) is 0.0305. The van der Waals surface area contributed by atoms with E-state index in [1.807, 2.05) is 54.4 Å². The molecule has 1 heterocycles. The van der Waals surface area contributed by atoms with Gasteiger partial charge in [0.1, 0.15) is 0 Å². The molecule has 160 valence electrons. The molecule has 3 rings (SSSR count). The Kier molecular flexibility index (Phi) is 7.42. The molecule has 2 aromatic rings. The van der Waals surface area contributed by atoms with Crippen molar-refractivity contribution in [3.8, 4) is 0 Å². The molecule has 0 unspecified atom stereocenters. The zero-order valence-corrected chi connectivity index (χ0v) is 18.4. The maximum Gasteiger partial charge on any atom is 0.236 e. The third-order valence-electron chi connectivity index (χ3n) is 5.29. The number of rotatable bonds is 7. The number of hydrogen-bond acceptors (Lipinski definition) is 4. The number of sulfonamides is 1. The van der Waals surface area contributed by atoms with Crippen LogP contribution in [0.1, 0.15) is 16.7 Å². The molecule has 0 atom stereocenters. The van der Waals surface area contributed by atoms with E-state index in [2.05, 4.69) is 19.1 Å². The summed E-state index contributed by atoms with van der Waals surface area (Å²) in [6.07, 6.45) is 1.60. The Morgan fingerprint density at radius 2 is 1.63 bits per heavy atom. The second-order valence-electron chi connectivity index (χ2n) is 7.64. The van der Waals surface area contributed by atoms with E-state index in [1.165, 1.54) is 20.8 Å². The summed E-state index contributed by atoms with van der Waals surface area (Å²) in [6, 6.07) is 17.5. The summed E-state index contributed by atoms with van der Waals surface area (Å²) in [6.45, 7) is 4.54. The first-order valence-corrected chi connectivity index (χ1v) is 11.6. The van der Waals surface area contributed by atoms with Gasteiger partial charge >= 0.3 is 0 Å². The first-order valence-electron chi connectivity index (χ1n) is 10.1. The largest absolute Gasteiger partial charge is 0.339 e. The molecule has 7 heteroatoms. The molecular formula is C23H29N3O3S.